The smallest absolute Gasteiger partial charge is 0.212 e. The fraction of sp³-hybridized carbons (Fsp3) is 0.538. The molecule has 0 aliphatic carbocycles. The van der Waals surface area contributed by atoms with Crippen LogP contribution in [0, 0.1) is 0 Å². The molecule has 0 spiro atoms. The van der Waals surface area contributed by atoms with Crippen molar-refractivity contribution in [3.8, 4) is 0 Å². The van der Waals surface area contributed by atoms with Crippen LogP contribution in [0.5, 0.6) is 0 Å². The standard InChI is InChI=1S/C13H21NO2S/c1-4-10-17(15,16)14(12(2)3)11-13-8-6-5-7-9-13/h5-9,12H,4,10-11H2,1-3H3. The monoisotopic (exact) mass is 255 g/mol. The molecule has 0 heterocycles. The lowest BCUT2D eigenvalue weighted by molar-refractivity contribution is 0.348. The average Bonchev–Trinajstić information content (AvgIpc) is 2.26. The molecule has 0 N–H and O–H groups in total. The Balaban J connectivity index is 2.88. The summed E-state index contributed by atoms with van der Waals surface area (Å²) < 4.78 is 25.8. The van der Waals surface area contributed by atoms with Crippen molar-refractivity contribution in [1.29, 1.82) is 0 Å². The highest BCUT2D eigenvalue weighted by Crippen LogP contribution is 2.14. The van der Waals surface area contributed by atoms with E-state index in [0.29, 0.717) is 13.0 Å². The van der Waals surface area contributed by atoms with Gasteiger partial charge >= 0.3 is 0 Å². The SMILES string of the molecule is CCCS(=O)(=O)N(Cc1ccccc1)C(C)C. The van der Waals surface area contributed by atoms with Gasteiger partial charge in [-0.3, -0.25) is 0 Å². The van der Waals surface area contributed by atoms with Crippen molar-refractivity contribution < 1.29 is 8.42 Å². The summed E-state index contributed by atoms with van der Waals surface area (Å²) in [6.07, 6.45) is 0.653. The number of nitrogens with zero attached hydrogens (tertiary/aromatic N) is 1. The van der Waals surface area contributed by atoms with Gasteiger partial charge in [0.25, 0.3) is 0 Å². The Morgan fingerprint density at radius 3 is 2.24 bits per heavy atom. The maximum atomic E-state index is 12.1. The Morgan fingerprint density at radius 2 is 1.76 bits per heavy atom. The van der Waals surface area contributed by atoms with Gasteiger partial charge in [0.1, 0.15) is 0 Å². The third kappa shape index (κ3) is 4.13. The van der Waals surface area contributed by atoms with E-state index in [4.69, 9.17) is 0 Å². The van der Waals surface area contributed by atoms with Gasteiger partial charge in [-0.25, -0.2) is 8.42 Å². The summed E-state index contributed by atoms with van der Waals surface area (Å²) in [4.78, 5) is 0. The molecule has 0 aromatic heterocycles. The van der Waals surface area contributed by atoms with E-state index < -0.39 is 10.0 Å². The molecule has 1 aromatic carbocycles. The second-order valence-electron chi connectivity index (χ2n) is 4.44. The fourth-order valence-electron chi connectivity index (χ4n) is 1.74. The lowest BCUT2D eigenvalue weighted by Gasteiger charge is -2.25. The first-order valence-corrected chi connectivity index (χ1v) is 7.61. The van der Waals surface area contributed by atoms with Gasteiger partial charge in [0, 0.05) is 12.6 Å². The zero-order chi connectivity index (χ0) is 12.9. The molecular weight excluding hydrogens is 234 g/mol. The minimum Gasteiger partial charge on any atom is -0.212 e. The van der Waals surface area contributed by atoms with Crippen molar-refractivity contribution in [2.24, 2.45) is 0 Å². The zero-order valence-electron chi connectivity index (χ0n) is 10.8. The number of rotatable bonds is 6. The predicted octanol–water partition coefficient (Wildman–Crippen LogP) is 2.64. The predicted molar refractivity (Wildman–Crippen MR) is 71.2 cm³/mol. The molecule has 96 valence electrons. The zero-order valence-corrected chi connectivity index (χ0v) is 11.6. The van der Waals surface area contributed by atoms with E-state index in [-0.39, 0.29) is 11.8 Å². The molecule has 0 amide bonds. The van der Waals surface area contributed by atoms with Crippen molar-refractivity contribution >= 4 is 10.0 Å². The van der Waals surface area contributed by atoms with E-state index in [1.54, 1.807) is 4.31 Å². The van der Waals surface area contributed by atoms with E-state index in [0.717, 1.165) is 5.56 Å². The Bertz CT molecular complexity index is 426. The highest BCUT2D eigenvalue weighted by Gasteiger charge is 2.23. The second-order valence-corrected chi connectivity index (χ2v) is 6.48. The summed E-state index contributed by atoms with van der Waals surface area (Å²) in [5.41, 5.74) is 1.03. The van der Waals surface area contributed by atoms with Crippen LogP contribution in [0.4, 0.5) is 0 Å². The molecule has 0 saturated heterocycles. The minimum atomic E-state index is -3.14. The highest BCUT2D eigenvalue weighted by molar-refractivity contribution is 7.89. The van der Waals surface area contributed by atoms with E-state index in [1.807, 2.05) is 51.1 Å². The Hall–Kier alpha value is -0.870. The van der Waals surface area contributed by atoms with Crippen molar-refractivity contribution in [2.75, 3.05) is 5.75 Å². The van der Waals surface area contributed by atoms with E-state index >= 15 is 0 Å². The molecule has 0 radical (unpaired) electrons. The Morgan fingerprint density at radius 1 is 1.18 bits per heavy atom. The van der Waals surface area contributed by atoms with Gasteiger partial charge in [0.05, 0.1) is 5.75 Å². The third-order valence-electron chi connectivity index (χ3n) is 2.58. The Kier molecular flexibility index (Phi) is 5.15. The van der Waals surface area contributed by atoms with Crippen LogP contribution in [0.1, 0.15) is 32.8 Å². The van der Waals surface area contributed by atoms with Crippen LogP contribution in [0.25, 0.3) is 0 Å². The second kappa shape index (κ2) is 6.17. The third-order valence-corrected chi connectivity index (χ3v) is 4.77. The van der Waals surface area contributed by atoms with Gasteiger partial charge in [0.15, 0.2) is 0 Å². The largest absolute Gasteiger partial charge is 0.214 e. The van der Waals surface area contributed by atoms with Gasteiger partial charge in [-0.15, -0.1) is 0 Å². The van der Waals surface area contributed by atoms with E-state index in [9.17, 15) is 8.42 Å². The summed E-state index contributed by atoms with van der Waals surface area (Å²) in [6, 6.07) is 9.70. The van der Waals surface area contributed by atoms with Gasteiger partial charge < -0.3 is 0 Å². The molecule has 0 unspecified atom stereocenters. The molecule has 0 saturated carbocycles. The summed E-state index contributed by atoms with van der Waals surface area (Å²) in [6.45, 7) is 6.17. The van der Waals surface area contributed by atoms with Crippen molar-refractivity contribution in [3.05, 3.63) is 35.9 Å². The topological polar surface area (TPSA) is 37.4 Å². The molecule has 1 aromatic rings. The van der Waals surface area contributed by atoms with Crippen LogP contribution in [-0.4, -0.2) is 24.5 Å². The summed E-state index contributed by atoms with van der Waals surface area (Å²) in [5, 5.41) is 0. The van der Waals surface area contributed by atoms with E-state index in [2.05, 4.69) is 0 Å². The highest BCUT2D eigenvalue weighted by atomic mass is 32.2. The molecule has 0 aliphatic heterocycles. The molecule has 4 heteroatoms. The van der Waals surface area contributed by atoms with Crippen LogP contribution in [0.2, 0.25) is 0 Å². The number of hydrogen-bond donors (Lipinski definition) is 0. The number of hydrogen-bond acceptors (Lipinski definition) is 2. The van der Waals surface area contributed by atoms with Gasteiger partial charge in [-0.2, -0.15) is 4.31 Å². The lowest BCUT2D eigenvalue weighted by atomic mass is 10.2. The maximum absolute atomic E-state index is 12.1. The van der Waals surface area contributed by atoms with Crippen LogP contribution < -0.4 is 0 Å². The summed E-state index contributed by atoms with van der Waals surface area (Å²) in [5.74, 6) is 0.220. The normalized spacial score (nSPS) is 12.3. The van der Waals surface area contributed by atoms with Crippen LogP contribution in [0.15, 0.2) is 30.3 Å². The molecule has 17 heavy (non-hydrogen) atoms. The van der Waals surface area contributed by atoms with Crippen molar-refractivity contribution in [1.82, 2.24) is 4.31 Å². The summed E-state index contributed by atoms with van der Waals surface area (Å²) >= 11 is 0. The molecule has 0 fully saturated rings. The minimum absolute atomic E-state index is 0.00763. The van der Waals surface area contributed by atoms with Crippen LogP contribution >= 0.6 is 0 Å². The molecule has 1 rings (SSSR count). The first-order valence-electron chi connectivity index (χ1n) is 6.01. The van der Waals surface area contributed by atoms with Crippen LogP contribution in [-0.2, 0) is 16.6 Å². The van der Waals surface area contributed by atoms with Crippen LogP contribution in [0.3, 0.4) is 0 Å². The maximum Gasteiger partial charge on any atom is 0.214 e. The lowest BCUT2D eigenvalue weighted by Crippen LogP contribution is -2.37. The fourth-order valence-corrected chi connectivity index (χ4v) is 3.48. The Labute approximate surface area is 105 Å². The quantitative estimate of drug-likeness (QED) is 0.783. The molecular formula is C13H21NO2S. The first kappa shape index (κ1) is 14.2. The van der Waals surface area contributed by atoms with Gasteiger partial charge in [-0.1, -0.05) is 37.3 Å². The number of benzene rings is 1. The van der Waals surface area contributed by atoms with Gasteiger partial charge in [0.2, 0.25) is 10.0 Å². The summed E-state index contributed by atoms with van der Waals surface area (Å²) in [7, 11) is -3.14. The average molecular weight is 255 g/mol. The molecule has 0 aliphatic rings. The molecule has 0 atom stereocenters. The van der Waals surface area contributed by atoms with Crippen molar-refractivity contribution in [2.45, 2.75) is 39.8 Å². The van der Waals surface area contributed by atoms with E-state index in [1.165, 1.54) is 0 Å². The molecule has 0 bridgehead atoms. The van der Waals surface area contributed by atoms with Crippen molar-refractivity contribution in [3.63, 3.8) is 0 Å². The molecule has 3 nitrogen and oxygen atoms in total. The first-order chi connectivity index (χ1) is 7.97. The number of sulfonamides is 1. The van der Waals surface area contributed by atoms with Gasteiger partial charge in [-0.05, 0) is 25.8 Å².